The van der Waals surface area contributed by atoms with Crippen LogP contribution in [0.3, 0.4) is 0 Å². The number of nitrogens with zero attached hydrogens (tertiary/aromatic N) is 3. The second-order valence-corrected chi connectivity index (χ2v) is 6.23. The van der Waals surface area contributed by atoms with Gasteiger partial charge in [-0.25, -0.2) is 9.37 Å². The number of aromatic amines is 1. The van der Waals surface area contributed by atoms with Crippen LogP contribution in [-0.4, -0.2) is 51.0 Å². The van der Waals surface area contributed by atoms with Crippen LogP contribution in [0.1, 0.15) is 23.6 Å². The number of aromatic nitrogens is 3. The summed E-state index contributed by atoms with van der Waals surface area (Å²) >= 11 is 0. The number of carbonyl (C=O) groups excluding carboxylic acids is 2. The maximum Gasteiger partial charge on any atom is 0.237 e. The van der Waals surface area contributed by atoms with E-state index >= 15 is 0 Å². The van der Waals surface area contributed by atoms with Gasteiger partial charge in [0.15, 0.2) is 5.82 Å². The summed E-state index contributed by atoms with van der Waals surface area (Å²) in [5.74, 6) is 0.373. The van der Waals surface area contributed by atoms with Crippen LogP contribution >= 0.6 is 0 Å². The van der Waals surface area contributed by atoms with Gasteiger partial charge in [-0.1, -0.05) is 12.1 Å². The van der Waals surface area contributed by atoms with E-state index in [4.69, 9.17) is 0 Å². The molecule has 138 valence electrons. The Labute approximate surface area is 150 Å². The van der Waals surface area contributed by atoms with E-state index in [9.17, 15) is 14.0 Å². The Morgan fingerprint density at radius 2 is 2.31 bits per heavy atom. The largest absolute Gasteiger partial charge is 0.353 e. The summed E-state index contributed by atoms with van der Waals surface area (Å²) in [4.78, 5) is 30.5. The van der Waals surface area contributed by atoms with Crippen molar-refractivity contribution in [2.24, 2.45) is 0 Å². The van der Waals surface area contributed by atoms with Gasteiger partial charge in [0.05, 0.1) is 19.0 Å². The van der Waals surface area contributed by atoms with Crippen molar-refractivity contribution >= 4 is 11.8 Å². The highest BCUT2D eigenvalue weighted by Gasteiger charge is 2.31. The van der Waals surface area contributed by atoms with Gasteiger partial charge in [-0.15, -0.1) is 0 Å². The quantitative estimate of drug-likeness (QED) is 0.686. The summed E-state index contributed by atoms with van der Waals surface area (Å²) in [5, 5.41) is 12.2. The summed E-state index contributed by atoms with van der Waals surface area (Å²) in [6.07, 6.45) is 0.0184. The minimum atomic E-state index is -0.596. The second kappa shape index (κ2) is 8.05. The highest BCUT2D eigenvalue weighted by atomic mass is 19.1. The van der Waals surface area contributed by atoms with Crippen LogP contribution in [0.2, 0.25) is 0 Å². The predicted octanol–water partition coefficient (Wildman–Crippen LogP) is 0.259. The first kappa shape index (κ1) is 18.0. The molecule has 2 heterocycles. The van der Waals surface area contributed by atoms with Gasteiger partial charge in [-0.2, -0.15) is 5.10 Å². The molecule has 3 N–H and O–H groups in total. The number of rotatable bonds is 6. The summed E-state index contributed by atoms with van der Waals surface area (Å²) in [7, 11) is 0. The van der Waals surface area contributed by atoms with Crippen LogP contribution < -0.4 is 10.6 Å². The van der Waals surface area contributed by atoms with E-state index in [0.29, 0.717) is 31.3 Å². The normalized spacial score (nSPS) is 17.8. The molecule has 1 atom stereocenters. The first-order valence-corrected chi connectivity index (χ1v) is 8.42. The number of H-pyrrole nitrogens is 1. The van der Waals surface area contributed by atoms with Crippen molar-refractivity contribution in [3.8, 4) is 0 Å². The molecule has 0 radical (unpaired) electrons. The van der Waals surface area contributed by atoms with Crippen molar-refractivity contribution in [1.29, 1.82) is 0 Å². The molecular weight excluding hydrogens is 339 g/mol. The Kier molecular flexibility index (Phi) is 5.57. The van der Waals surface area contributed by atoms with E-state index in [0.717, 1.165) is 5.56 Å². The smallest absolute Gasteiger partial charge is 0.237 e. The fraction of sp³-hybridized carbons (Fsp3) is 0.412. The number of amides is 2. The zero-order chi connectivity index (χ0) is 18.5. The third kappa shape index (κ3) is 4.63. The lowest BCUT2D eigenvalue weighted by atomic mass is 10.1. The molecule has 2 aromatic rings. The van der Waals surface area contributed by atoms with E-state index in [-0.39, 0.29) is 30.6 Å². The molecule has 1 aliphatic heterocycles. The number of hydrogen-bond acceptors (Lipinski definition) is 5. The van der Waals surface area contributed by atoms with E-state index < -0.39 is 6.04 Å². The highest BCUT2D eigenvalue weighted by Crippen LogP contribution is 2.14. The Hall–Kier alpha value is -2.81. The molecule has 3 rings (SSSR count). The summed E-state index contributed by atoms with van der Waals surface area (Å²) < 4.78 is 13.4. The van der Waals surface area contributed by atoms with Gasteiger partial charge in [0.2, 0.25) is 11.8 Å². The summed E-state index contributed by atoms with van der Waals surface area (Å²) in [6.45, 7) is 3.47. The number of piperazine rings is 1. The molecule has 1 aromatic carbocycles. The van der Waals surface area contributed by atoms with Crippen LogP contribution in [-0.2, 0) is 22.7 Å². The number of benzene rings is 1. The Morgan fingerprint density at radius 3 is 3.04 bits per heavy atom. The Balaban J connectivity index is 1.60. The van der Waals surface area contributed by atoms with Crippen molar-refractivity contribution in [3.63, 3.8) is 0 Å². The topological polar surface area (TPSA) is 103 Å². The van der Waals surface area contributed by atoms with Crippen molar-refractivity contribution in [2.45, 2.75) is 32.5 Å². The molecule has 1 unspecified atom stereocenters. The molecule has 0 spiro atoms. The fourth-order valence-electron chi connectivity index (χ4n) is 2.94. The third-order valence-electron chi connectivity index (χ3n) is 4.18. The van der Waals surface area contributed by atoms with Gasteiger partial charge >= 0.3 is 0 Å². The van der Waals surface area contributed by atoms with E-state index in [1.54, 1.807) is 19.1 Å². The maximum absolute atomic E-state index is 13.4. The Bertz CT molecular complexity index is 793. The molecule has 0 saturated carbocycles. The number of hydrogen-bond donors (Lipinski definition) is 3. The number of carbonyl (C=O) groups is 2. The molecular formula is C17H21FN6O2. The van der Waals surface area contributed by atoms with Crippen molar-refractivity contribution < 1.29 is 14.0 Å². The van der Waals surface area contributed by atoms with Crippen LogP contribution in [0.4, 0.5) is 4.39 Å². The van der Waals surface area contributed by atoms with E-state index in [1.165, 1.54) is 12.1 Å². The summed E-state index contributed by atoms with van der Waals surface area (Å²) in [5.41, 5.74) is 0.765. The van der Waals surface area contributed by atoms with Gasteiger partial charge in [0, 0.05) is 19.6 Å². The monoisotopic (exact) mass is 360 g/mol. The molecule has 0 bridgehead atoms. The molecule has 2 amide bonds. The number of aryl methyl sites for hydroxylation is 1. The third-order valence-corrected chi connectivity index (χ3v) is 4.18. The zero-order valence-corrected chi connectivity index (χ0v) is 14.5. The van der Waals surface area contributed by atoms with Crippen LogP contribution in [0.25, 0.3) is 0 Å². The molecule has 9 heteroatoms. The number of nitrogens with one attached hydrogen (secondary N) is 3. The van der Waals surface area contributed by atoms with E-state index in [2.05, 4.69) is 25.8 Å². The van der Waals surface area contributed by atoms with Crippen molar-refractivity contribution in [1.82, 2.24) is 30.7 Å². The second-order valence-electron chi connectivity index (χ2n) is 6.23. The molecule has 1 aromatic heterocycles. The zero-order valence-electron chi connectivity index (χ0n) is 14.5. The lowest BCUT2D eigenvalue weighted by Gasteiger charge is -2.34. The van der Waals surface area contributed by atoms with Gasteiger partial charge < -0.3 is 10.6 Å². The molecule has 1 saturated heterocycles. The van der Waals surface area contributed by atoms with E-state index in [1.807, 2.05) is 4.90 Å². The molecule has 1 fully saturated rings. The van der Waals surface area contributed by atoms with Crippen molar-refractivity contribution in [3.05, 3.63) is 47.3 Å². The maximum atomic E-state index is 13.4. The van der Waals surface area contributed by atoms with Gasteiger partial charge in [-0.05, 0) is 24.6 Å². The first-order valence-electron chi connectivity index (χ1n) is 8.42. The lowest BCUT2D eigenvalue weighted by Crippen LogP contribution is -2.56. The summed E-state index contributed by atoms with van der Waals surface area (Å²) in [6, 6.07) is 5.66. The average Bonchev–Trinajstić information content (AvgIpc) is 3.02. The molecule has 0 aliphatic carbocycles. The SMILES string of the molecule is Cc1nc(CNC(=O)CC2C(=O)NCCN2Cc2cccc(F)c2)n[nH]1. The predicted molar refractivity (Wildman–Crippen MR) is 91.2 cm³/mol. The molecule has 26 heavy (non-hydrogen) atoms. The van der Waals surface area contributed by atoms with Gasteiger partial charge in [0.25, 0.3) is 0 Å². The van der Waals surface area contributed by atoms with Crippen LogP contribution in [0.15, 0.2) is 24.3 Å². The molecule has 1 aliphatic rings. The van der Waals surface area contributed by atoms with Crippen LogP contribution in [0.5, 0.6) is 0 Å². The van der Waals surface area contributed by atoms with Gasteiger partial charge in [0.1, 0.15) is 11.6 Å². The minimum absolute atomic E-state index is 0.0184. The minimum Gasteiger partial charge on any atom is -0.353 e. The lowest BCUT2D eigenvalue weighted by molar-refractivity contribution is -0.134. The van der Waals surface area contributed by atoms with Crippen LogP contribution in [0, 0.1) is 12.7 Å². The standard InChI is InChI=1S/C17H21FN6O2/c1-11-21-15(23-22-11)9-20-16(25)8-14-17(26)19-5-6-24(14)10-12-3-2-4-13(18)7-12/h2-4,7,14H,5-6,8-10H2,1H3,(H,19,26)(H,20,25)(H,21,22,23). The number of halogens is 1. The molecule has 8 nitrogen and oxygen atoms in total. The van der Waals surface area contributed by atoms with Crippen molar-refractivity contribution in [2.75, 3.05) is 13.1 Å². The first-order chi connectivity index (χ1) is 12.5. The fourth-order valence-corrected chi connectivity index (χ4v) is 2.94. The van der Waals surface area contributed by atoms with Gasteiger partial charge in [-0.3, -0.25) is 19.6 Å². The highest BCUT2D eigenvalue weighted by molar-refractivity contribution is 5.88. The average molecular weight is 360 g/mol. The Morgan fingerprint density at radius 1 is 1.46 bits per heavy atom.